The van der Waals surface area contributed by atoms with E-state index in [0.29, 0.717) is 24.1 Å². The van der Waals surface area contributed by atoms with Gasteiger partial charge in [-0.15, -0.1) is 0 Å². The topological polar surface area (TPSA) is 99.1 Å². The van der Waals surface area contributed by atoms with Crippen molar-refractivity contribution in [2.45, 2.75) is 37.8 Å². The molecule has 0 heterocycles. The Kier molecular flexibility index (Phi) is 6.50. The largest absolute Gasteiger partial charge is 0.348 e. The van der Waals surface area contributed by atoms with Gasteiger partial charge in [0.1, 0.15) is 0 Å². The lowest BCUT2D eigenvalue weighted by Crippen LogP contribution is -2.32. The predicted molar refractivity (Wildman–Crippen MR) is 98.8 cm³/mol. The van der Waals surface area contributed by atoms with E-state index in [-0.39, 0.29) is 16.8 Å². The van der Waals surface area contributed by atoms with Gasteiger partial charge in [-0.1, -0.05) is 19.1 Å². The van der Waals surface area contributed by atoms with Crippen LogP contribution in [0.1, 0.15) is 41.8 Å². The van der Waals surface area contributed by atoms with Crippen molar-refractivity contribution in [1.82, 2.24) is 10.0 Å². The highest BCUT2D eigenvalue weighted by atomic mass is 32.2. The smallest absolute Gasteiger partial charge is 0.251 e. The summed E-state index contributed by atoms with van der Waals surface area (Å²) >= 11 is 0. The van der Waals surface area contributed by atoms with Gasteiger partial charge >= 0.3 is 0 Å². The highest BCUT2D eigenvalue weighted by molar-refractivity contribution is 7.89. The number of hydrogen-bond acceptors (Lipinski definition) is 4. The molecular formula is C19H21N3O3S. The summed E-state index contributed by atoms with van der Waals surface area (Å²) in [5, 5.41) is 11.5. The fraction of sp³-hybridized carbons (Fsp3) is 0.263. The van der Waals surface area contributed by atoms with Crippen molar-refractivity contribution in [3.05, 3.63) is 65.2 Å². The Labute approximate surface area is 153 Å². The van der Waals surface area contributed by atoms with Crippen LogP contribution in [0.5, 0.6) is 0 Å². The second-order valence-electron chi connectivity index (χ2n) is 5.95. The average molecular weight is 371 g/mol. The number of carbonyl (C=O) groups is 1. The van der Waals surface area contributed by atoms with Crippen molar-refractivity contribution in [3.8, 4) is 6.07 Å². The first-order chi connectivity index (χ1) is 12.4. The normalized spacial score (nSPS) is 12.2. The summed E-state index contributed by atoms with van der Waals surface area (Å²) < 4.78 is 27.0. The maximum absolute atomic E-state index is 12.2. The molecule has 2 rings (SSSR count). The number of amides is 1. The second kappa shape index (κ2) is 8.61. The van der Waals surface area contributed by atoms with Gasteiger partial charge in [-0.05, 0) is 55.3 Å². The Balaban J connectivity index is 2.00. The first-order valence-electron chi connectivity index (χ1n) is 8.25. The van der Waals surface area contributed by atoms with Crippen LogP contribution in [0.4, 0.5) is 0 Å². The molecule has 0 aliphatic rings. The minimum Gasteiger partial charge on any atom is -0.348 e. The van der Waals surface area contributed by atoms with Gasteiger partial charge in [0.2, 0.25) is 10.0 Å². The molecule has 0 aliphatic heterocycles. The van der Waals surface area contributed by atoms with Gasteiger partial charge in [0.25, 0.3) is 5.91 Å². The van der Waals surface area contributed by atoms with E-state index in [1.807, 2.05) is 13.0 Å². The number of sulfonamides is 1. The molecule has 6 nitrogen and oxygen atoms in total. The first-order valence-corrected chi connectivity index (χ1v) is 9.73. The van der Waals surface area contributed by atoms with Crippen molar-refractivity contribution in [3.63, 3.8) is 0 Å². The Bertz CT molecular complexity index is 899. The number of rotatable bonds is 7. The molecule has 0 saturated heterocycles. The molecule has 0 aliphatic carbocycles. The van der Waals surface area contributed by atoms with Gasteiger partial charge in [-0.3, -0.25) is 4.79 Å². The average Bonchev–Trinajstić information content (AvgIpc) is 2.66. The molecule has 2 N–H and O–H groups in total. The van der Waals surface area contributed by atoms with E-state index < -0.39 is 10.0 Å². The first kappa shape index (κ1) is 19.6. The lowest BCUT2D eigenvalue weighted by Gasteiger charge is -2.12. The van der Waals surface area contributed by atoms with Crippen molar-refractivity contribution < 1.29 is 13.2 Å². The molecule has 0 spiro atoms. The lowest BCUT2D eigenvalue weighted by atomic mass is 10.1. The van der Waals surface area contributed by atoms with Crippen molar-refractivity contribution >= 4 is 15.9 Å². The summed E-state index contributed by atoms with van der Waals surface area (Å²) in [6.07, 6.45) is 0.690. The van der Waals surface area contributed by atoms with Gasteiger partial charge < -0.3 is 5.32 Å². The molecule has 26 heavy (non-hydrogen) atoms. The Morgan fingerprint density at radius 1 is 1.12 bits per heavy atom. The molecule has 0 fully saturated rings. The summed E-state index contributed by atoms with van der Waals surface area (Å²) in [5.41, 5.74) is 1.80. The maximum atomic E-state index is 12.2. The minimum absolute atomic E-state index is 0.126. The molecule has 7 heteroatoms. The monoisotopic (exact) mass is 371 g/mol. The van der Waals surface area contributed by atoms with Gasteiger partial charge in [-0.2, -0.15) is 5.26 Å². The van der Waals surface area contributed by atoms with Crippen LogP contribution in [-0.2, 0) is 16.6 Å². The highest BCUT2D eigenvalue weighted by Crippen LogP contribution is 2.12. The third-order valence-corrected chi connectivity index (χ3v) is 5.54. The van der Waals surface area contributed by atoms with E-state index in [1.165, 1.54) is 24.3 Å². The highest BCUT2D eigenvalue weighted by Gasteiger charge is 2.17. The van der Waals surface area contributed by atoms with Crippen LogP contribution in [0.3, 0.4) is 0 Å². The third-order valence-electron chi connectivity index (χ3n) is 3.93. The molecule has 1 amide bonds. The van der Waals surface area contributed by atoms with E-state index in [0.717, 1.165) is 5.56 Å². The van der Waals surface area contributed by atoms with Gasteiger partial charge in [-0.25, -0.2) is 13.1 Å². The molecule has 0 radical (unpaired) electrons. The predicted octanol–water partition coefficient (Wildman–Crippen LogP) is 2.57. The minimum atomic E-state index is -3.58. The maximum Gasteiger partial charge on any atom is 0.251 e. The van der Waals surface area contributed by atoms with Crippen LogP contribution in [0.25, 0.3) is 0 Å². The van der Waals surface area contributed by atoms with E-state index in [9.17, 15) is 13.2 Å². The second-order valence-corrected chi connectivity index (χ2v) is 7.66. The van der Waals surface area contributed by atoms with E-state index in [2.05, 4.69) is 10.0 Å². The van der Waals surface area contributed by atoms with Crippen LogP contribution in [0.2, 0.25) is 0 Å². The van der Waals surface area contributed by atoms with Crippen LogP contribution in [0, 0.1) is 11.3 Å². The third kappa shape index (κ3) is 5.15. The Hall–Kier alpha value is -2.69. The van der Waals surface area contributed by atoms with Crippen LogP contribution in [-0.4, -0.2) is 20.4 Å². The zero-order valence-electron chi connectivity index (χ0n) is 14.7. The van der Waals surface area contributed by atoms with Gasteiger partial charge in [0, 0.05) is 18.2 Å². The quantitative estimate of drug-likeness (QED) is 0.781. The molecule has 0 bridgehead atoms. The molecule has 1 unspecified atom stereocenters. The number of benzene rings is 2. The SMILES string of the molecule is CCC(C)NS(=O)(=O)c1ccc(C(=O)NCc2ccc(C#N)cc2)cc1. The summed E-state index contributed by atoms with van der Waals surface area (Å²) in [6, 6.07) is 14.6. The summed E-state index contributed by atoms with van der Waals surface area (Å²) in [4.78, 5) is 12.3. The van der Waals surface area contributed by atoms with Crippen LogP contribution < -0.4 is 10.0 Å². The fourth-order valence-electron chi connectivity index (χ4n) is 2.18. The lowest BCUT2D eigenvalue weighted by molar-refractivity contribution is 0.0951. The number of nitrogens with one attached hydrogen (secondary N) is 2. The van der Waals surface area contributed by atoms with Gasteiger partial charge in [0.05, 0.1) is 16.5 Å². The molecular weight excluding hydrogens is 350 g/mol. The van der Waals surface area contributed by atoms with Crippen molar-refractivity contribution in [2.75, 3.05) is 0 Å². The standard InChI is InChI=1S/C19H21N3O3S/c1-3-14(2)22-26(24,25)18-10-8-17(9-11-18)19(23)21-13-16-6-4-15(12-20)5-7-16/h4-11,14,22H,3,13H2,1-2H3,(H,21,23). The van der Waals surface area contributed by atoms with E-state index >= 15 is 0 Å². The van der Waals surface area contributed by atoms with Gasteiger partial charge in [0.15, 0.2) is 0 Å². The Morgan fingerprint density at radius 2 is 1.73 bits per heavy atom. The van der Waals surface area contributed by atoms with Crippen molar-refractivity contribution in [2.24, 2.45) is 0 Å². The van der Waals surface area contributed by atoms with E-state index in [1.54, 1.807) is 31.2 Å². The molecule has 2 aromatic carbocycles. The molecule has 1 atom stereocenters. The van der Waals surface area contributed by atoms with Crippen molar-refractivity contribution in [1.29, 1.82) is 5.26 Å². The van der Waals surface area contributed by atoms with Crippen LogP contribution >= 0.6 is 0 Å². The molecule has 0 aromatic heterocycles. The summed E-state index contributed by atoms with van der Waals surface area (Å²) in [7, 11) is -3.58. The number of carbonyl (C=O) groups excluding carboxylic acids is 1. The fourth-order valence-corrected chi connectivity index (χ4v) is 3.51. The summed E-state index contributed by atoms with van der Waals surface area (Å²) in [6.45, 7) is 4.01. The number of nitriles is 1. The zero-order valence-corrected chi connectivity index (χ0v) is 15.5. The van der Waals surface area contributed by atoms with E-state index in [4.69, 9.17) is 5.26 Å². The zero-order chi connectivity index (χ0) is 19.2. The number of nitrogens with zero attached hydrogens (tertiary/aromatic N) is 1. The molecule has 136 valence electrons. The Morgan fingerprint density at radius 3 is 2.27 bits per heavy atom. The molecule has 2 aromatic rings. The van der Waals surface area contributed by atoms with Crippen LogP contribution in [0.15, 0.2) is 53.4 Å². The molecule has 0 saturated carbocycles. The number of hydrogen-bond donors (Lipinski definition) is 2. The summed E-state index contributed by atoms with van der Waals surface area (Å²) in [5.74, 6) is -0.298.